The predicted molar refractivity (Wildman–Crippen MR) is 71.9 cm³/mol. The first-order valence-corrected chi connectivity index (χ1v) is 6.15. The van der Waals surface area contributed by atoms with Crippen molar-refractivity contribution in [2.75, 3.05) is 0 Å². The van der Waals surface area contributed by atoms with Crippen molar-refractivity contribution in [3.05, 3.63) is 57.0 Å². The van der Waals surface area contributed by atoms with E-state index in [-0.39, 0.29) is 5.56 Å². The van der Waals surface area contributed by atoms with Crippen LogP contribution < -0.4 is 0 Å². The van der Waals surface area contributed by atoms with Gasteiger partial charge in [-0.25, -0.2) is 8.78 Å². The molecular weight excluding hydrogens is 300 g/mol. The van der Waals surface area contributed by atoms with Gasteiger partial charge in [-0.05, 0) is 24.3 Å². The molecule has 0 aliphatic carbocycles. The zero-order valence-electron chi connectivity index (χ0n) is 8.93. The fourth-order valence-electron chi connectivity index (χ4n) is 1.59. The van der Waals surface area contributed by atoms with Crippen molar-refractivity contribution in [2.45, 2.75) is 6.43 Å². The molecule has 0 aromatic heterocycles. The van der Waals surface area contributed by atoms with E-state index in [4.69, 9.17) is 34.8 Å². The number of halogens is 5. The Morgan fingerprint density at radius 1 is 0.778 bits per heavy atom. The van der Waals surface area contributed by atoms with E-state index in [1.54, 1.807) is 18.2 Å². The molecule has 0 atom stereocenters. The highest BCUT2D eigenvalue weighted by molar-refractivity contribution is 6.38. The van der Waals surface area contributed by atoms with Gasteiger partial charge in [0.15, 0.2) is 0 Å². The highest BCUT2D eigenvalue weighted by atomic mass is 35.5. The van der Waals surface area contributed by atoms with Crippen molar-refractivity contribution >= 4 is 34.8 Å². The molecule has 0 radical (unpaired) electrons. The average molecular weight is 308 g/mol. The molecule has 0 aliphatic rings. The van der Waals surface area contributed by atoms with E-state index >= 15 is 0 Å². The Labute approximate surface area is 118 Å². The molecule has 0 unspecified atom stereocenters. The van der Waals surface area contributed by atoms with Gasteiger partial charge in [0.25, 0.3) is 6.43 Å². The van der Waals surface area contributed by atoms with Crippen LogP contribution in [0.1, 0.15) is 12.0 Å². The first kappa shape index (κ1) is 13.6. The Morgan fingerprint density at radius 3 is 2.11 bits per heavy atom. The monoisotopic (exact) mass is 306 g/mol. The molecule has 18 heavy (non-hydrogen) atoms. The summed E-state index contributed by atoms with van der Waals surface area (Å²) in [6.45, 7) is 0. The predicted octanol–water partition coefficient (Wildman–Crippen LogP) is 6.25. The van der Waals surface area contributed by atoms with Crippen LogP contribution in [0.5, 0.6) is 0 Å². The third-order valence-corrected chi connectivity index (χ3v) is 3.34. The van der Waals surface area contributed by atoms with Crippen LogP contribution in [-0.2, 0) is 0 Å². The van der Waals surface area contributed by atoms with E-state index in [0.29, 0.717) is 26.2 Å². The number of rotatable bonds is 2. The summed E-state index contributed by atoms with van der Waals surface area (Å²) >= 11 is 17.8. The first-order chi connectivity index (χ1) is 8.49. The molecule has 0 bridgehead atoms. The van der Waals surface area contributed by atoms with Crippen molar-refractivity contribution in [2.24, 2.45) is 0 Å². The second-order valence-electron chi connectivity index (χ2n) is 3.66. The summed E-state index contributed by atoms with van der Waals surface area (Å²) in [4.78, 5) is 0. The summed E-state index contributed by atoms with van der Waals surface area (Å²) in [7, 11) is 0. The Bertz CT molecular complexity index is 582. The molecular formula is C13H7Cl3F2. The summed E-state index contributed by atoms with van der Waals surface area (Å²) in [5.74, 6) is 0. The fraction of sp³-hybridized carbons (Fsp3) is 0.0769. The zero-order valence-corrected chi connectivity index (χ0v) is 11.2. The summed E-state index contributed by atoms with van der Waals surface area (Å²) in [6.07, 6.45) is -2.55. The maximum absolute atomic E-state index is 12.7. The van der Waals surface area contributed by atoms with Crippen LogP contribution in [0.15, 0.2) is 36.4 Å². The van der Waals surface area contributed by atoms with E-state index in [1.165, 1.54) is 18.2 Å². The molecule has 2 aromatic rings. The molecule has 0 heterocycles. The van der Waals surface area contributed by atoms with Gasteiger partial charge in [0, 0.05) is 31.8 Å². The minimum Gasteiger partial charge on any atom is -0.205 e. The summed E-state index contributed by atoms with van der Waals surface area (Å²) < 4.78 is 25.3. The van der Waals surface area contributed by atoms with Gasteiger partial charge in [-0.1, -0.05) is 46.9 Å². The molecule has 0 spiro atoms. The minimum absolute atomic E-state index is 0.0968. The second kappa shape index (κ2) is 5.43. The van der Waals surface area contributed by atoms with E-state index in [1.807, 2.05) is 0 Å². The smallest absolute Gasteiger partial charge is 0.205 e. The standard InChI is InChI=1S/C13H7Cl3F2/c14-8-2-3-9(12(16)6-8)10-5-7(13(17)18)1-4-11(10)15/h1-6,13H. The molecule has 94 valence electrons. The van der Waals surface area contributed by atoms with Crippen LogP contribution in [0.4, 0.5) is 8.78 Å². The van der Waals surface area contributed by atoms with Crippen LogP contribution in [0.2, 0.25) is 15.1 Å². The maximum atomic E-state index is 12.7. The number of benzene rings is 2. The lowest BCUT2D eigenvalue weighted by Gasteiger charge is -2.09. The first-order valence-electron chi connectivity index (χ1n) is 5.02. The Hall–Kier alpha value is -0.830. The Balaban J connectivity index is 2.59. The molecule has 0 saturated carbocycles. The van der Waals surface area contributed by atoms with E-state index in [2.05, 4.69) is 0 Å². The molecule has 2 rings (SSSR count). The number of hydrogen-bond donors (Lipinski definition) is 0. The van der Waals surface area contributed by atoms with Crippen LogP contribution >= 0.6 is 34.8 Å². The number of alkyl halides is 2. The van der Waals surface area contributed by atoms with Crippen molar-refractivity contribution < 1.29 is 8.78 Å². The highest BCUT2D eigenvalue weighted by Gasteiger charge is 2.13. The lowest BCUT2D eigenvalue weighted by Crippen LogP contribution is -1.88. The Kier molecular flexibility index (Phi) is 4.10. The van der Waals surface area contributed by atoms with E-state index in [9.17, 15) is 8.78 Å². The molecule has 0 aliphatic heterocycles. The van der Waals surface area contributed by atoms with Crippen LogP contribution in [-0.4, -0.2) is 0 Å². The van der Waals surface area contributed by atoms with Crippen LogP contribution in [0, 0.1) is 0 Å². The third kappa shape index (κ3) is 2.77. The van der Waals surface area contributed by atoms with Crippen molar-refractivity contribution in [3.8, 4) is 11.1 Å². The topological polar surface area (TPSA) is 0 Å². The quantitative estimate of drug-likeness (QED) is 0.615. The van der Waals surface area contributed by atoms with Crippen LogP contribution in [0.3, 0.4) is 0 Å². The molecule has 2 aromatic carbocycles. The summed E-state index contributed by atoms with van der Waals surface area (Å²) in [5, 5.41) is 1.21. The average Bonchev–Trinajstić information content (AvgIpc) is 2.30. The largest absolute Gasteiger partial charge is 0.263 e. The Morgan fingerprint density at radius 2 is 1.50 bits per heavy atom. The summed E-state index contributed by atoms with van der Waals surface area (Å²) in [6, 6.07) is 8.89. The summed E-state index contributed by atoms with van der Waals surface area (Å²) in [5.41, 5.74) is 0.949. The van der Waals surface area contributed by atoms with Gasteiger partial charge in [0.1, 0.15) is 0 Å². The lowest BCUT2D eigenvalue weighted by atomic mass is 10.0. The molecule has 0 fully saturated rings. The van der Waals surface area contributed by atoms with Gasteiger partial charge < -0.3 is 0 Å². The number of hydrogen-bond acceptors (Lipinski definition) is 0. The van der Waals surface area contributed by atoms with Gasteiger partial charge in [0.05, 0.1) is 0 Å². The fourth-order valence-corrected chi connectivity index (χ4v) is 2.32. The molecule has 0 amide bonds. The van der Waals surface area contributed by atoms with Gasteiger partial charge in [0.2, 0.25) is 0 Å². The highest BCUT2D eigenvalue weighted by Crippen LogP contribution is 2.36. The van der Waals surface area contributed by atoms with Crippen molar-refractivity contribution in [3.63, 3.8) is 0 Å². The third-order valence-electron chi connectivity index (χ3n) is 2.46. The SMILES string of the molecule is FC(F)c1ccc(Cl)c(-c2ccc(Cl)cc2Cl)c1. The van der Waals surface area contributed by atoms with Gasteiger partial charge in [-0.3, -0.25) is 0 Å². The van der Waals surface area contributed by atoms with Gasteiger partial charge in [-0.2, -0.15) is 0 Å². The van der Waals surface area contributed by atoms with Gasteiger partial charge in [-0.15, -0.1) is 0 Å². The molecule has 0 saturated heterocycles. The zero-order chi connectivity index (χ0) is 13.3. The normalized spacial score (nSPS) is 11.0. The van der Waals surface area contributed by atoms with Crippen molar-refractivity contribution in [1.82, 2.24) is 0 Å². The van der Waals surface area contributed by atoms with Gasteiger partial charge >= 0.3 is 0 Å². The minimum atomic E-state index is -2.55. The molecule has 0 N–H and O–H groups in total. The lowest BCUT2D eigenvalue weighted by molar-refractivity contribution is 0.151. The van der Waals surface area contributed by atoms with Crippen LogP contribution in [0.25, 0.3) is 11.1 Å². The second-order valence-corrected chi connectivity index (χ2v) is 4.91. The molecule has 0 nitrogen and oxygen atoms in total. The molecule has 5 heteroatoms. The maximum Gasteiger partial charge on any atom is 0.263 e. The van der Waals surface area contributed by atoms with E-state index < -0.39 is 6.43 Å². The van der Waals surface area contributed by atoms with Crippen molar-refractivity contribution in [1.29, 1.82) is 0 Å². The van der Waals surface area contributed by atoms with E-state index in [0.717, 1.165) is 0 Å².